The highest BCUT2D eigenvalue weighted by Crippen LogP contribution is 2.08. The Labute approximate surface area is 117 Å². The van der Waals surface area contributed by atoms with Crippen molar-refractivity contribution in [2.45, 2.75) is 26.2 Å². The third-order valence-electron chi connectivity index (χ3n) is 1.53. The van der Waals surface area contributed by atoms with Gasteiger partial charge in [0.2, 0.25) is 0 Å². The van der Waals surface area contributed by atoms with E-state index >= 15 is 0 Å². The van der Waals surface area contributed by atoms with Crippen LogP contribution in [-0.4, -0.2) is 39.6 Å². The summed E-state index contributed by atoms with van der Waals surface area (Å²) in [4.78, 5) is 23.1. The molecule has 1 heterocycles. The lowest BCUT2D eigenvalue weighted by molar-refractivity contribution is -0.134. The van der Waals surface area contributed by atoms with Crippen LogP contribution in [-0.2, 0) is 9.63 Å². The Morgan fingerprint density at radius 1 is 1.28 bits per heavy atom. The molecule has 0 aromatic carbocycles. The van der Waals surface area contributed by atoms with Gasteiger partial charge in [0.05, 0.1) is 0 Å². The van der Waals surface area contributed by atoms with Gasteiger partial charge in [0, 0.05) is 20.0 Å². The van der Waals surface area contributed by atoms with Gasteiger partial charge in [0.15, 0.2) is 0 Å². The largest absolute Gasteiger partial charge is 0.481 e. The van der Waals surface area contributed by atoms with Crippen LogP contribution in [0.15, 0.2) is 0 Å². The molecule has 5 N–H and O–H groups in total. The number of primary amides is 1. The van der Waals surface area contributed by atoms with Gasteiger partial charge in [-0.25, -0.2) is 0 Å². The van der Waals surface area contributed by atoms with E-state index in [0.717, 1.165) is 20.0 Å². The summed E-state index contributed by atoms with van der Waals surface area (Å²) in [6.45, 7) is 2.99. The molecule has 0 atom stereocenters. The maximum absolute atomic E-state index is 9.09. The summed E-state index contributed by atoms with van der Waals surface area (Å²) in [5.41, 5.74) is 9.53. The Morgan fingerprint density at radius 2 is 1.61 bits per heavy atom. The van der Waals surface area contributed by atoms with Gasteiger partial charge in [-0.3, -0.25) is 9.59 Å². The molecule has 0 aromatic rings. The summed E-state index contributed by atoms with van der Waals surface area (Å²) >= 11 is 7.70. The van der Waals surface area contributed by atoms with Gasteiger partial charge in [-0.1, -0.05) is 19.0 Å². The number of carbonyl (C=O) groups excluding carboxylic acids is 1. The summed E-state index contributed by atoms with van der Waals surface area (Å²) in [6, 6.07) is 0. The van der Waals surface area contributed by atoms with Crippen LogP contribution in [0.3, 0.4) is 0 Å². The number of carboxylic acid groups (broad SMARTS) is 1. The SMILES string of the molecule is CC(=O)O.NC(=O)S.NC(=S)ON1CCCCC1. The normalized spacial score (nSPS) is 14.1. The van der Waals surface area contributed by atoms with Gasteiger partial charge in [-0.15, -0.1) is 5.06 Å². The van der Waals surface area contributed by atoms with Crippen molar-refractivity contribution in [1.29, 1.82) is 0 Å². The van der Waals surface area contributed by atoms with Crippen molar-refractivity contribution in [3.63, 3.8) is 0 Å². The van der Waals surface area contributed by atoms with Crippen LogP contribution < -0.4 is 11.5 Å². The van der Waals surface area contributed by atoms with Crippen LogP contribution >= 0.6 is 24.8 Å². The molecule has 1 aliphatic rings. The second kappa shape index (κ2) is 12.4. The molecule has 0 radical (unpaired) electrons. The third kappa shape index (κ3) is 24.3. The van der Waals surface area contributed by atoms with Crippen LogP contribution in [0.1, 0.15) is 26.2 Å². The monoisotopic (exact) mass is 297 g/mol. The number of thiocarbonyl (C=S) groups is 1. The van der Waals surface area contributed by atoms with E-state index in [1.165, 1.54) is 19.3 Å². The minimum absolute atomic E-state index is 0.127. The van der Waals surface area contributed by atoms with Gasteiger partial charge >= 0.3 is 0 Å². The molecule has 0 aromatic heterocycles. The highest BCUT2D eigenvalue weighted by molar-refractivity contribution is 7.96. The van der Waals surface area contributed by atoms with E-state index in [2.05, 4.69) is 30.6 Å². The zero-order chi connectivity index (χ0) is 14.6. The molecule has 1 fully saturated rings. The van der Waals surface area contributed by atoms with Gasteiger partial charge < -0.3 is 21.4 Å². The molecule has 0 spiro atoms. The fourth-order valence-corrected chi connectivity index (χ4v) is 1.19. The first-order chi connectivity index (χ1) is 8.25. The molecule has 1 saturated heterocycles. The molecular formula is C9H19N3O4S2. The average molecular weight is 297 g/mol. The molecule has 0 saturated carbocycles. The standard InChI is InChI=1S/C6H12N2OS.C2H4O2.CH3NOS/c7-6(10)9-8-4-2-1-3-5-8;1-2(3)4;2-1(3)4/h1-5H2,(H2,7,10);1H3,(H,3,4);(H3,2,3,4). The number of aliphatic carboxylic acids is 1. The minimum atomic E-state index is -0.833. The fourth-order valence-electron chi connectivity index (χ4n) is 1.08. The van der Waals surface area contributed by atoms with Gasteiger partial charge in [0.25, 0.3) is 16.4 Å². The van der Waals surface area contributed by atoms with E-state index < -0.39 is 11.2 Å². The number of carboxylic acids is 1. The van der Waals surface area contributed by atoms with E-state index in [1.54, 1.807) is 0 Å². The van der Waals surface area contributed by atoms with E-state index in [9.17, 15) is 0 Å². The van der Waals surface area contributed by atoms with Crippen molar-refractivity contribution in [3.8, 4) is 0 Å². The van der Waals surface area contributed by atoms with Gasteiger partial charge in [-0.2, -0.15) is 0 Å². The number of hydroxylamine groups is 2. The molecule has 1 amide bonds. The predicted octanol–water partition coefficient (Wildman–Crippen LogP) is 0.733. The van der Waals surface area contributed by atoms with Crippen molar-refractivity contribution < 1.29 is 19.5 Å². The number of hydrogen-bond acceptors (Lipinski definition) is 5. The molecule has 0 bridgehead atoms. The maximum Gasteiger partial charge on any atom is 0.300 e. The first kappa shape index (κ1) is 19.3. The highest BCUT2D eigenvalue weighted by Gasteiger charge is 2.10. The quantitative estimate of drug-likeness (QED) is 0.416. The molecule has 1 rings (SSSR count). The Balaban J connectivity index is 0. The van der Waals surface area contributed by atoms with Crippen LogP contribution in [0, 0.1) is 0 Å². The number of piperidine rings is 1. The first-order valence-corrected chi connectivity index (χ1v) is 6.01. The van der Waals surface area contributed by atoms with Crippen LogP contribution in [0.5, 0.6) is 0 Å². The lowest BCUT2D eigenvalue weighted by Crippen LogP contribution is -2.34. The molecule has 18 heavy (non-hydrogen) atoms. The Morgan fingerprint density at radius 3 is 1.89 bits per heavy atom. The third-order valence-corrected chi connectivity index (χ3v) is 1.61. The van der Waals surface area contributed by atoms with E-state index in [4.69, 9.17) is 25.3 Å². The number of amides is 1. The summed E-state index contributed by atoms with van der Waals surface area (Å²) in [7, 11) is 0. The molecule has 106 valence electrons. The number of nitrogens with zero attached hydrogens (tertiary/aromatic N) is 1. The average Bonchev–Trinajstić information content (AvgIpc) is 2.16. The lowest BCUT2D eigenvalue weighted by Gasteiger charge is -2.24. The summed E-state index contributed by atoms with van der Waals surface area (Å²) in [5, 5.41) is 8.73. The topological polar surface area (TPSA) is 119 Å². The Kier molecular flexibility index (Phi) is 13.3. The second-order valence-corrected chi connectivity index (χ2v) is 4.10. The molecular weight excluding hydrogens is 278 g/mol. The van der Waals surface area contributed by atoms with Crippen LogP contribution in [0.4, 0.5) is 4.79 Å². The molecule has 9 heteroatoms. The van der Waals surface area contributed by atoms with Crippen molar-refractivity contribution in [3.05, 3.63) is 0 Å². The predicted molar refractivity (Wildman–Crippen MR) is 75.2 cm³/mol. The van der Waals surface area contributed by atoms with Crippen LogP contribution in [0.25, 0.3) is 0 Å². The molecule has 0 unspecified atom stereocenters. The molecule has 7 nitrogen and oxygen atoms in total. The lowest BCUT2D eigenvalue weighted by atomic mass is 10.2. The number of nitrogens with two attached hydrogens (primary N) is 2. The van der Waals surface area contributed by atoms with Crippen molar-refractivity contribution in [1.82, 2.24) is 5.06 Å². The highest BCUT2D eigenvalue weighted by atomic mass is 32.1. The summed E-state index contributed by atoms with van der Waals surface area (Å²) in [5.74, 6) is -0.833. The number of thiol groups is 1. The summed E-state index contributed by atoms with van der Waals surface area (Å²) in [6.07, 6.45) is 3.66. The fraction of sp³-hybridized carbons (Fsp3) is 0.667. The van der Waals surface area contributed by atoms with E-state index in [1.807, 2.05) is 5.06 Å². The first-order valence-electron chi connectivity index (χ1n) is 5.16. The smallest absolute Gasteiger partial charge is 0.300 e. The van der Waals surface area contributed by atoms with Crippen molar-refractivity contribution in [2.24, 2.45) is 11.5 Å². The van der Waals surface area contributed by atoms with Crippen molar-refractivity contribution in [2.75, 3.05) is 13.1 Å². The number of hydrogen-bond donors (Lipinski definition) is 4. The van der Waals surface area contributed by atoms with E-state index in [0.29, 0.717) is 0 Å². The van der Waals surface area contributed by atoms with Gasteiger partial charge in [-0.05, 0) is 25.1 Å². The number of rotatable bonds is 1. The summed E-state index contributed by atoms with van der Waals surface area (Å²) < 4.78 is 0. The maximum atomic E-state index is 9.09. The number of carbonyl (C=O) groups is 2. The van der Waals surface area contributed by atoms with Crippen molar-refractivity contribution >= 4 is 41.2 Å². The van der Waals surface area contributed by atoms with Crippen LogP contribution in [0.2, 0.25) is 0 Å². The van der Waals surface area contributed by atoms with Gasteiger partial charge in [0.1, 0.15) is 0 Å². The molecule has 1 aliphatic heterocycles. The van der Waals surface area contributed by atoms with E-state index in [-0.39, 0.29) is 5.17 Å². The Hall–Kier alpha value is -1.06. The minimum Gasteiger partial charge on any atom is -0.481 e. The zero-order valence-corrected chi connectivity index (χ0v) is 11.9. The Bertz CT molecular complexity index is 251. The molecule has 0 aliphatic carbocycles. The second-order valence-electron chi connectivity index (χ2n) is 3.26. The zero-order valence-electron chi connectivity index (χ0n) is 10.2.